The number of benzene rings is 1. The van der Waals surface area contributed by atoms with Crippen LogP contribution in [0.2, 0.25) is 0 Å². The molecule has 1 atom stereocenters. The molecular weight excluding hydrogens is 224 g/mol. The first kappa shape index (κ1) is 13.1. The molecule has 2 rings (SSSR count). The molecule has 0 aliphatic carbocycles. The molecule has 1 unspecified atom stereocenters. The minimum absolute atomic E-state index is 0.538. The number of hydrogen-bond acceptors (Lipinski definition) is 3. The second kappa shape index (κ2) is 7.15. The third kappa shape index (κ3) is 3.83. The highest BCUT2D eigenvalue weighted by molar-refractivity contribution is 5.36. The summed E-state index contributed by atoms with van der Waals surface area (Å²) in [6.45, 7) is 2.44. The summed E-state index contributed by atoms with van der Waals surface area (Å²) in [6.07, 6.45) is 4.95. The van der Waals surface area contributed by atoms with Crippen LogP contribution in [0.1, 0.15) is 36.8 Å². The zero-order chi connectivity index (χ0) is 12.6. The van der Waals surface area contributed by atoms with Gasteiger partial charge in [0.15, 0.2) is 0 Å². The summed E-state index contributed by atoms with van der Waals surface area (Å²) < 4.78 is 5.67. The lowest BCUT2D eigenvalue weighted by Crippen LogP contribution is -2.34. The Labute approximate surface area is 109 Å². The van der Waals surface area contributed by atoms with Crippen LogP contribution in [0.4, 0.5) is 0 Å². The van der Waals surface area contributed by atoms with E-state index in [2.05, 4.69) is 11.4 Å². The summed E-state index contributed by atoms with van der Waals surface area (Å²) in [5, 5.41) is 12.5. The van der Waals surface area contributed by atoms with Gasteiger partial charge < -0.3 is 10.1 Å². The first-order valence-corrected chi connectivity index (χ1v) is 6.69. The van der Waals surface area contributed by atoms with Crippen molar-refractivity contribution in [2.75, 3.05) is 13.2 Å². The summed E-state index contributed by atoms with van der Waals surface area (Å²) >= 11 is 0. The van der Waals surface area contributed by atoms with E-state index >= 15 is 0 Å². The summed E-state index contributed by atoms with van der Waals surface area (Å²) in [5.41, 5.74) is 1.70. The van der Waals surface area contributed by atoms with Crippen molar-refractivity contribution in [3.63, 3.8) is 0 Å². The Hall–Kier alpha value is -1.37. The monoisotopic (exact) mass is 244 g/mol. The molecular formula is C15H20N2O. The molecule has 1 aromatic carbocycles. The van der Waals surface area contributed by atoms with Gasteiger partial charge in [0.25, 0.3) is 0 Å². The van der Waals surface area contributed by atoms with Crippen LogP contribution < -0.4 is 5.32 Å². The molecule has 1 aliphatic rings. The molecule has 18 heavy (non-hydrogen) atoms. The van der Waals surface area contributed by atoms with Gasteiger partial charge in [-0.1, -0.05) is 24.6 Å². The average molecular weight is 244 g/mol. The molecule has 1 aromatic rings. The lowest BCUT2D eigenvalue weighted by Gasteiger charge is -2.23. The van der Waals surface area contributed by atoms with Crippen LogP contribution in [0.5, 0.6) is 0 Å². The molecule has 1 fully saturated rings. The molecule has 0 amide bonds. The third-order valence-electron chi connectivity index (χ3n) is 3.42. The van der Waals surface area contributed by atoms with E-state index in [0.29, 0.717) is 18.2 Å². The molecule has 1 N–H and O–H groups in total. The predicted octanol–water partition coefficient (Wildman–Crippen LogP) is 2.61. The second-order valence-electron chi connectivity index (χ2n) is 4.76. The van der Waals surface area contributed by atoms with Crippen molar-refractivity contribution in [1.29, 1.82) is 5.26 Å². The molecule has 3 nitrogen and oxygen atoms in total. The Morgan fingerprint density at radius 1 is 1.33 bits per heavy atom. The van der Waals surface area contributed by atoms with E-state index < -0.39 is 0 Å². The van der Waals surface area contributed by atoms with Crippen LogP contribution in [0.15, 0.2) is 24.3 Å². The van der Waals surface area contributed by atoms with Crippen molar-refractivity contribution in [3.8, 4) is 6.07 Å². The van der Waals surface area contributed by atoms with Gasteiger partial charge in [0.2, 0.25) is 0 Å². The van der Waals surface area contributed by atoms with Gasteiger partial charge in [0.05, 0.1) is 18.2 Å². The highest BCUT2D eigenvalue weighted by Gasteiger charge is 2.11. The lowest BCUT2D eigenvalue weighted by molar-refractivity contribution is 0.108. The van der Waals surface area contributed by atoms with Gasteiger partial charge in [-0.05, 0) is 37.4 Å². The van der Waals surface area contributed by atoms with Crippen LogP contribution >= 0.6 is 0 Å². The lowest BCUT2D eigenvalue weighted by atomic mass is 10.0. The smallest absolute Gasteiger partial charge is 0.0995 e. The largest absolute Gasteiger partial charge is 0.377 e. The summed E-state index contributed by atoms with van der Waals surface area (Å²) in [4.78, 5) is 0. The van der Waals surface area contributed by atoms with Crippen molar-refractivity contribution in [1.82, 2.24) is 5.32 Å². The van der Waals surface area contributed by atoms with Crippen molar-refractivity contribution >= 4 is 0 Å². The van der Waals surface area contributed by atoms with Crippen LogP contribution in [-0.2, 0) is 11.3 Å². The predicted molar refractivity (Wildman–Crippen MR) is 71.1 cm³/mol. The number of nitrogens with one attached hydrogen (secondary N) is 1. The third-order valence-corrected chi connectivity index (χ3v) is 3.42. The van der Waals surface area contributed by atoms with E-state index in [-0.39, 0.29) is 0 Å². The van der Waals surface area contributed by atoms with Gasteiger partial charge >= 0.3 is 0 Å². The van der Waals surface area contributed by atoms with E-state index in [0.717, 1.165) is 25.1 Å². The fourth-order valence-electron chi connectivity index (χ4n) is 2.33. The van der Waals surface area contributed by atoms with Crippen molar-refractivity contribution < 1.29 is 4.74 Å². The molecule has 0 aromatic heterocycles. The fraction of sp³-hybridized carbons (Fsp3) is 0.533. The standard InChI is InChI=1S/C15H20N2O/c16-11-13-5-1-2-6-14(13)12-18-10-8-15-7-3-4-9-17-15/h1-2,5-6,15,17H,3-4,7-10,12H2. The average Bonchev–Trinajstić information content (AvgIpc) is 2.45. The summed E-state index contributed by atoms with van der Waals surface area (Å²) in [6, 6.07) is 10.4. The highest BCUT2D eigenvalue weighted by atomic mass is 16.5. The first-order valence-electron chi connectivity index (χ1n) is 6.69. The van der Waals surface area contributed by atoms with Crippen molar-refractivity contribution in [3.05, 3.63) is 35.4 Å². The van der Waals surface area contributed by atoms with Gasteiger partial charge in [-0.25, -0.2) is 0 Å². The topological polar surface area (TPSA) is 45.0 Å². The molecule has 0 saturated carbocycles. The van der Waals surface area contributed by atoms with Gasteiger partial charge in [-0.3, -0.25) is 0 Å². The Kier molecular flexibility index (Phi) is 5.19. The van der Waals surface area contributed by atoms with Crippen molar-refractivity contribution in [2.24, 2.45) is 0 Å². The Morgan fingerprint density at radius 3 is 3.00 bits per heavy atom. The molecule has 1 heterocycles. The van der Waals surface area contributed by atoms with E-state index in [4.69, 9.17) is 10.00 Å². The van der Waals surface area contributed by atoms with Crippen LogP contribution in [0, 0.1) is 11.3 Å². The van der Waals surface area contributed by atoms with E-state index in [9.17, 15) is 0 Å². The van der Waals surface area contributed by atoms with Gasteiger partial charge in [-0.2, -0.15) is 5.26 Å². The molecule has 0 radical (unpaired) electrons. The zero-order valence-corrected chi connectivity index (χ0v) is 10.7. The number of hydrogen-bond donors (Lipinski definition) is 1. The SMILES string of the molecule is N#Cc1ccccc1COCCC1CCCCN1. The maximum absolute atomic E-state index is 8.96. The maximum Gasteiger partial charge on any atom is 0.0995 e. The summed E-state index contributed by atoms with van der Waals surface area (Å²) in [7, 11) is 0. The molecule has 0 spiro atoms. The second-order valence-corrected chi connectivity index (χ2v) is 4.76. The van der Waals surface area contributed by atoms with Crippen LogP contribution in [0.25, 0.3) is 0 Å². The van der Waals surface area contributed by atoms with Crippen LogP contribution in [0.3, 0.4) is 0 Å². The summed E-state index contributed by atoms with van der Waals surface area (Å²) in [5.74, 6) is 0. The number of nitriles is 1. The van der Waals surface area contributed by atoms with Gasteiger partial charge in [0.1, 0.15) is 0 Å². The molecule has 1 saturated heterocycles. The molecule has 3 heteroatoms. The fourth-order valence-corrected chi connectivity index (χ4v) is 2.33. The first-order chi connectivity index (χ1) is 8.90. The number of nitrogens with zero attached hydrogens (tertiary/aromatic N) is 1. The van der Waals surface area contributed by atoms with E-state index in [1.807, 2.05) is 24.3 Å². The maximum atomic E-state index is 8.96. The van der Waals surface area contributed by atoms with Gasteiger partial charge in [-0.15, -0.1) is 0 Å². The molecule has 96 valence electrons. The Morgan fingerprint density at radius 2 is 2.22 bits per heavy atom. The molecule has 1 aliphatic heterocycles. The Bertz CT molecular complexity index is 405. The normalized spacial score (nSPS) is 19.4. The number of rotatable bonds is 5. The van der Waals surface area contributed by atoms with Crippen molar-refractivity contribution in [2.45, 2.75) is 38.3 Å². The zero-order valence-electron chi connectivity index (χ0n) is 10.7. The molecule has 0 bridgehead atoms. The minimum Gasteiger partial charge on any atom is -0.377 e. The van der Waals surface area contributed by atoms with E-state index in [1.54, 1.807) is 0 Å². The quantitative estimate of drug-likeness (QED) is 0.810. The van der Waals surface area contributed by atoms with Crippen LogP contribution in [-0.4, -0.2) is 19.2 Å². The minimum atomic E-state index is 0.538. The number of piperidine rings is 1. The Balaban J connectivity index is 1.70. The van der Waals surface area contributed by atoms with E-state index in [1.165, 1.54) is 19.3 Å². The van der Waals surface area contributed by atoms with Gasteiger partial charge in [0, 0.05) is 12.6 Å². The number of ether oxygens (including phenoxy) is 1. The highest BCUT2D eigenvalue weighted by Crippen LogP contribution is 2.12.